The summed E-state index contributed by atoms with van der Waals surface area (Å²) in [5.74, 6) is 0.899. The van der Waals surface area contributed by atoms with Gasteiger partial charge in [-0.05, 0) is 31.0 Å². The lowest BCUT2D eigenvalue weighted by Gasteiger charge is -2.04. The molecule has 0 aliphatic carbocycles. The Morgan fingerprint density at radius 2 is 2.20 bits per heavy atom. The number of rotatable bonds is 5. The van der Waals surface area contributed by atoms with Crippen molar-refractivity contribution in [3.05, 3.63) is 48.5 Å². The van der Waals surface area contributed by atoms with Crippen LogP contribution < -0.4 is 4.74 Å². The lowest BCUT2D eigenvalue weighted by Crippen LogP contribution is -1.99. The van der Waals surface area contributed by atoms with E-state index >= 15 is 0 Å². The van der Waals surface area contributed by atoms with Crippen LogP contribution in [0.1, 0.15) is 12.1 Å². The van der Waals surface area contributed by atoms with E-state index in [1.54, 1.807) is 6.33 Å². The van der Waals surface area contributed by atoms with Crippen LogP contribution in [0.4, 0.5) is 0 Å². The molecule has 1 aromatic heterocycles. The van der Waals surface area contributed by atoms with Crippen molar-refractivity contribution >= 4 is 0 Å². The van der Waals surface area contributed by atoms with Crippen LogP contribution in [0.2, 0.25) is 0 Å². The van der Waals surface area contributed by atoms with Crippen molar-refractivity contribution in [3.8, 4) is 5.75 Å². The Bertz CT molecular complexity index is 370. The number of imidazole rings is 1. The van der Waals surface area contributed by atoms with Crippen molar-refractivity contribution in [1.82, 2.24) is 9.97 Å². The Morgan fingerprint density at radius 3 is 2.93 bits per heavy atom. The van der Waals surface area contributed by atoms with E-state index in [1.807, 2.05) is 30.5 Å². The highest BCUT2D eigenvalue weighted by atomic mass is 16.5. The van der Waals surface area contributed by atoms with Gasteiger partial charge in [-0.3, -0.25) is 0 Å². The van der Waals surface area contributed by atoms with Crippen LogP contribution in [0, 0.1) is 6.07 Å². The molecule has 0 spiro atoms. The third-order valence-electron chi connectivity index (χ3n) is 2.09. The monoisotopic (exact) mass is 201 g/mol. The van der Waals surface area contributed by atoms with Gasteiger partial charge < -0.3 is 9.72 Å². The zero-order valence-corrected chi connectivity index (χ0v) is 8.44. The van der Waals surface area contributed by atoms with Crippen LogP contribution in [0.5, 0.6) is 5.75 Å². The van der Waals surface area contributed by atoms with E-state index in [2.05, 4.69) is 16.0 Å². The average Bonchev–Trinajstić information content (AvgIpc) is 2.79. The second-order valence-electron chi connectivity index (χ2n) is 3.25. The standard InChI is InChI=1S/C12H13N2O/c1-2-6-12(7-3-1)15-8-4-5-11-9-13-10-14-11/h2-3,6-7,9-10H,4-5,8H2,(H,13,14). The maximum Gasteiger partial charge on any atom is 0.119 e. The Hall–Kier alpha value is -1.77. The Morgan fingerprint density at radius 1 is 1.33 bits per heavy atom. The summed E-state index contributed by atoms with van der Waals surface area (Å²) < 4.78 is 5.55. The number of hydrogen-bond acceptors (Lipinski definition) is 2. The molecule has 0 fully saturated rings. The Balaban J connectivity index is 1.68. The van der Waals surface area contributed by atoms with Crippen molar-refractivity contribution in [2.45, 2.75) is 12.8 Å². The van der Waals surface area contributed by atoms with Crippen LogP contribution in [0.3, 0.4) is 0 Å². The molecule has 0 saturated carbocycles. The number of benzene rings is 1. The number of hydrogen-bond donors (Lipinski definition) is 1. The molecule has 1 radical (unpaired) electrons. The van der Waals surface area contributed by atoms with Crippen LogP contribution in [-0.4, -0.2) is 16.6 Å². The second kappa shape index (κ2) is 5.20. The number of aromatic nitrogens is 2. The van der Waals surface area contributed by atoms with Gasteiger partial charge in [-0.2, -0.15) is 0 Å². The summed E-state index contributed by atoms with van der Waals surface area (Å²) in [5, 5.41) is 0. The summed E-state index contributed by atoms with van der Waals surface area (Å²) in [5.41, 5.74) is 1.08. The number of nitrogens with one attached hydrogen (secondary N) is 1. The number of nitrogens with zero attached hydrogens (tertiary/aromatic N) is 1. The summed E-state index contributed by atoms with van der Waals surface area (Å²) in [6.07, 6.45) is 5.53. The van der Waals surface area contributed by atoms with Gasteiger partial charge in [0, 0.05) is 6.20 Å². The van der Waals surface area contributed by atoms with E-state index in [-0.39, 0.29) is 0 Å². The molecule has 0 atom stereocenters. The minimum atomic E-state index is 0.719. The number of aryl methyl sites for hydroxylation is 1. The molecule has 2 rings (SSSR count). The molecule has 0 saturated heterocycles. The Kier molecular flexibility index (Phi) is 3.38. The smallest absolute Gasteiger partial charge is 0.119 e. The molecular weight excluding hydrogens is 188 g/mol. The van der Waals surface area contributed by atoms with E-state index in [4.69, 9.17) is 4.74 Å². The third kappa shape index (κ3) is 3.13. The summed E-state index contributed by atoms with van der Waals surface area (Å²) in [6.45, 7) is 0.719. The molecule has 3 nitrogen and oxygen atoms in total. The largest absolute Gasteiger partial charge is 0.494 e. The molecule has 1 heterocycles. The average molecular weight is 201 g/mol. The third-order valence-corrected chi connectivity index (χ3v) is 2.09. The number of aromatic amines is 1. The molecule has 2 aromatic rings. The van der Waals surface area contributed by atoms with E-state index in [0.29, 0.717) is 0 Å². The van der Waals surface area contributed by atoms with Gasteiger partial charge in [-0.1, -0.05) is 12.1 Å². The zero-order valence-electron chi connectivity index (χ0n) is 8.44. The number of H-pyrrole nitrogens is 1. The van der Waals surface area contributed by atoms with Crippen molar-refractivity contribution in [2.24, 2.45) is 0 Å². The first-order chi connectivity index (χ1) is 7.45. The molecule has 1 aromatic carbocycles. The van der Waals surface area contributed by atoms with E-state index in [0.717, 1.165) is 30.9 Å². The first-order valence-corrected chi connectivity index (χ1v) is 5.02. The van der Waals surface area contributed by atoms with Gasteiger partial charge >= 0.3 is 0 Å². The van der Waals surface area contributed by atoms with Gasteiger partial charge in [0.05, 0.1) is 18.6 Å². The molecule has 77 valence electrons. The summed E-state index contributed by atoms with van der Waals surface area (Å²) in [4.78, 5) is 7.08. The molecule has 1 N–H and O–H groups in total. The zero-order chi connectivity index (χ0) is 10.3. The second-order valence-corrected chi connectivity index (χ2v) is 3.25. The highest BCUT2D eigenvalue weighted by Gasteiger charge is 1.95. The number of ether oxygens (including phenoxy) is 1. The van der Waals surface area contributed by atoms with E-state index < -0.39 is 0 Å². The maximum absolute atomic E-state index is 5.55. The predicted molar refractivity (Wildman–Crippen MR) is 57.7 cm³/mol. The lowest BCUT2D eigenvalue weighted by molar-refractivity contribution is 0.310. The molecule has 0 unspecified atom stereocenters. The molecule has 3 heteroatoms. The van der Waals surface area contributed by atoms with Gasteiger partial charge in [-0.15, -0.1) is 0 Å². The van der Waals surface area contributed by atoms with Gasteiger partial charge in [0.15, 0.2) is 0 Å². The molecule has 0 amide bonds. The SMILES string of the molecule is [c]1ccc(OCCCc2c[nH]cn2)cc1. The van der Waals surface area contributed by atoms with Crippen molar-refractivity contribution in [3.63, 3.8) is 0 Å². The first-order valence-electron chi connectivity index (χ1n) is 5.02. The fraction of sp³-hybridized carbons (Fsp3) is 0.250. The normalized spacial score (nSPS) is 10.1. The lowest BCUT2D eigenvalue weighted by atomic mass is 10.2. The van der Waals surface area contributed by atoms with Crippen molar-refractivity contribution < 1.29 is 4.74 Å². The topological polar surface area (TPSA) is 37.9 Å². The molecule has 0 bridgehead atoms. The van der Waals surface area contributed by atoms with E-state index in [1.165, 1.54) is 0 Å². The van der Waals surface area contributed by atoms with Gasteiger partial charge in [-0.25, -0.2) is 4.98 Å². The van der Waals surface area contributed by atoms with Crippen LogP contribution in [-0.2, 0) is 6.42 Å². The maximum atomic E-state index is 5.55. The summed E-state index contributed by atoms with van der Waals surface area (Å²) >= 11 is 0. The van der Waals surface area contributed by atoms with Gasteiger partial charge in [0.1, 0.15) is 5.75 Å². The van der Waals surface area contributed by atoms with Gasteiger partial charge in [0.25, 0.3) is 0 Å². The molecule has 0 aliphatic heterocycles. The van der Waals surface area contributed by atoms with Gasteiger partial charge in [0.2, 0.25) is 0 Å². The fourth-order valence-corrected chi connectivity index (χ4v) is 1.34. The molecule has 15 heavy (non-hydrogen) atoms. The summed E-state index contributed by atoms with van der Waals surface area (Å²) in [7, 11) is 0. The highest BCUT2D eigenvalue weighted by Crippen LogP contribution is 2.08. The van der Waals surface area contributed by atoms with Crippen molar-refractivity contribution in [1.29, 1.82) is 0 Å². The first kappa shape index (κ1) is 9.77. The molecule has 0 aliphatic rings. The van der Waals surface area contributed by atoms with Crippen LogP contribution in [0.25, 0.3) is 0 Å². The minimum Gasteiger partial charge on any atom is -0.494 e. The quantitative estimate of drug-likeness (QED) is 0.753. The van der Waals surface area contributed by atoms with Crippen LogP contribution in [0.15, 0.2) is 36.8 Å². The predicted octanol–water partition coefficient (Wildman–Crippen LogP) is 2.22. The summed E-state index contributed by atoms with van der Waals surface area (Å²) in [6, 6.07) is 10.5. The van der Waals surface area contributed by atoms with Crippen molar-refractivity contribution in [2.75, 3.05) is 6.61 Å². The van der Waals surface area contributed by atoms with Crippen LogP contribution >= 0.6 is 0 Å². The fourth-order valence-electron chi connectivity index (χ4n) is 1.34. The highest BCUT2D eigenvalue weighted by molar-refractivity contribution is 5.20. The Labute approximate surface area is 89.1 Å². The minimum absolute atomic E-state index is 0.719. The molecular formula is C12H13N2O. The van der Waals surface area contributed by atoms with E-state index in [9.17, 15) is 0 Å².